The molecule has 3 N–H and O–H groups in total. The largest absolute Gasteiger partial charge is 0.386 e. The van der Waals surface area contributed by atoms with E-state index in [1.807, 2.05) is 0 Å². The third-order valence-electron chi connectivity index (χ3n) is 2.91. The van der Waals surface area contributed by atoms with Gasteiger partial charge in [0.05, 0.1) is 10.9 Å². The zero-order valence-electron chi connectivity index (χ0n) is 9.33. The molecule has 0 bridgehead atoms. The molecule has 1 aromatic rings. The number of nitrogens with zero attached hydrogens (tertiary/aromatic N) is 1. The molecule has 1 aliphatic heterocycles. The molecule has 0 aromatic heterocycles. The molecule has 1 aromatic carbocycles. The van der Waals surface area contributed by atoms with Crippen molar-refractivity contribution >= 4 is 15.9 Å². The predicted octanol–water partition coefficient (Wildman–Crippen LogP) is 0.776. The van der Waals surface area contributed by atoms with Crippen LogP contribution in [0.25, 0.3) is 0 Å². The molecule has 1 atom stereocenters. The molecule has 1 heterocycles. The number of amidine groups is 1. The highest BCUT2D eigenvalue weighted by Crippen LogP contribution is 2.25. The van der Waals surface area contributed by atoms with E-state index in [4.69, 9.17) is 11.1 Å². The van der Waals surface area contributed by atoms with Crippen LogP contribution in [0.4, 0.5) is 0 Å². The zero-order chi connectivity index (χ0) is 12.5. The molecule has 0 radical (unpaired) electrons. The summed E-state index contributed by atoms with van der Waals surface area (Å²) in [5.74, 6) is -0.0815. The summed E-state index contributed by atoms with van der Waals surface area (Å²) >= 11 is 0. The van der Waals surface area contributed by atoms with Gasteiger partial charge >= 0.3 is 0 Å². The van der Waals surface area contributed by atoms with E-state index in [1.54, 1.807) is 30.3 Å². The molecule has 1 fully saturated rings. The van der Waals surface area contributed by atoms with Crippen LogP contribution in [0.15, 0.2) is 35.2 Å². The Morgan fingerprint density at radius 2 is 2.00 bits per heavy atom. The standard InChI is InChI=1S/C11H15N3O2S/c12-11(13)10-7-4-8-14(10)17(15,16)9-5-2-1-3-6-9/h1-3,5-6,10H,4,7-8H2,(H3,12,13)/t10-/m0/s1. The third kappa shape index (κ3) is 2.18. The lowest BCUT2D eigenvalue weighted by Gasteiger charge is -2.22. The highest BCUT2D eigenvalue weighted by molar-refractivity contribution is 7.89. The zero-order valence-corrected chi connectivity index (χ0v) is 10.2. The number of rotatable bonds is 3. The lowest BCUT2D eigenvalue weighted by Crippen LogP contribution is -2.43. The molecular formula is C11H15N3O2S. The number of hydrogen-bond donors (Lipinski definition) is 2. The molecule has 5 nitrogen and oxygen atoms in total. The van der Waals surface area contributed by atoms with Crippen LogP contribution in [-0.4, -0.2) is 31.1 Å². The molecule has 0 spiro atoms. The number of sulfonamides is 1. The first-order chi connectivity index (χ1) is 8.03. The first-order valence-electron chi connectivity index (χ1n) is 5.44. The maximum absolute atomic E-state index is 12.3. The van der Waals surface area contributed by atoms with Gasteiger partial charge in [0.25, 0.3) is 0 Å². The van der Waals surface area contributed by atoms with Gasteiger partial charge in [-0.1, -0.05) is 18.2 Å². The summed E-state index contributed by atoms with van der Waals surface area (Å²) < 4.78 is 26.0. The second-order valence-electron chi connectivity index (χ2n) is 4.04. The van der Waals surface area contributed by atoms with Crippen LogP contribution >= 0.6 is 0 Å². The van der Waals surface area contributed by atoms with Crippen LogP contribution in [0.3, 0.4) is 0 Å². The average molecular weight is 253 g/mol. The van der Waals surface area contributed by atoms with Crippen molar-refractivity contribution in [3.8, 4) is 0 Å². The molecule has 6 heteroatoms. The average Bonchev–Trinajstić information content (AvgIpc) is 2.80. The Hall–Kier alpha value is -1.40. The summed E-state index contributed by atoms with van der Waals surface area (Å²) in [6.45, 7) is 0.432. The second kappa shape index (κ2) is 4.46. The molecule has 17 heavy (non-hydrogen) atoms. The van der Waals surface area contributed by atoms with Gasteiger partial charge in [-0.3, -0.25) is 5.41 Å². The van der Waals surface area contributed by atoms with E-state index in [2.05, 4.69) is 0 Å². The van der Waals surface area contributed by atoms with Crippen LogP contribution in [0.1, 0.15) is 12.8 Å². The molecule has 0 saturated carbocycles. The fourth-order valence-electron chi connectivity index (χ4n) is 2.07. The van der Waals surface area contributed by atoms with Crippen LogP contribution in [-0.2, 0) is 10.0 Å². The molecule has 92 valence electrons. The summed E-state index contributed by atoms with van der Waals surface area (Å²) in [6, 6.07) is 7.78. The van der Waals surface area contributed by atoms with Gasteiger partial charge < -0.3 is 5.73 Å². The SMILES string of the molecule is N=C(N)[C@@H]1CCCN1S(=O)(=O)c1ccccc1. The van der Waals surface area contributed by atoms with Crippen molar-refractivity contribution in [3.05, 3.63) is 30.3 Å². The third-order valence-corrected chi connectivity index (χ3v) is 4.83. The van der Waals surface area contributed by atoms with Crippen molar-refractivity contribution in [2.45, 2.75) is 23.8 Å². The first kappa shape index (κ1) is 12.1. The van der Waals surface area contributed by atoms with Crippen LogP contribution in [0.2, 0.25) is 0 Å². The molecule has 0 aliphatic carbocycles. The van der Waals surface area contributed by atoms with E-state index >= 15 is 0 Å². The number of nitrogens with one attached hydrogen (secondary N) is 1. The minimum absolute atomic E-state index is 0.0815. The minimum Gasteiger partial charge on any atom is -0.386 e. The van der Waals surface area contributed by atoms with E-state index in [0.717, 1.165) is 6.42 Å². The maximum Gasteiger partial charge on any atom is 0.243 e. The molecule has 2 rings (SSSR count). The minimum atomic E-state index is -3.52. The van der Waals surface area contributed by atoms with Gasteiger partial charge in [-0.2, -0.15) is 4.31 Å². The number of hydrogen-bond acceptors (Lipinski definition) is 3. The van der Waals surface area contributed by atoms with Gasteiger partial charge in [-0.05, 0) is 25.0 Å². The molecular weight excluding hydrogens is 238 g/mol. The Morgan fingerprint density at radius 1 is 1.35 bits per heavy atom. The Bertz CT molecular complexity index is 513. The van der Waals surface area contributed by atoms with Crippen molar-refractivity contribution in [2.24, 2.45) is 5.73 Å². The van der Waals surface area contributed by atoms with Crippen molar-refractivity contribution < 1.29 is 8.42 Å². The van der Waals surface area contributed by atoms with Crippen LogP contribution in [0.5, 0.6) is 0 Å². The summed E-state index contributed by atoms with van der Waals surface area (Å²) in [7, 11) is -3.52. The summed E-state index contributed by atoms with van der Waals surface area (Å²) in [5, 5.41) is 7.44. The fourth-order valence-corrected chi connectivity index (χ4v) is 3.76. The monoisotopic (exact) mass is 253 g/mol. The fraction of sp³-hybridized carbons (Fsp3) is 0.364. The van der Waals surface area contributed by atoms with Crippen molar-refractivity contribution in [1.29, 1.82) is 5.41 Å². The molecule has 1 saturated heterocycles. The Kier molecular flexibility index (Phi) is 3.17. The second-order valence-corrected chi connectivity index (χ2v) is 5.93. The topological polar surface area (TPSA) is 87.2 Å². The smallest absolute Gasteiger partial charge is 0.243 e. The highest BCUT2D eigenvalue weighted by atomic mass is 32.2. The van der Waals surface area contributed by atoms with E-state index in [9.17, 15) is 8.42 Å². The lowest BCUT2D eigenvalue weighted by molar-refractivity contribution is 0.443. The van der Waals surface area contributed by atoms with E-state index in [1.165, 1.54) is 4.31 Å². The summed E-state index contributed by atoms with van der Waals surface area (Å²) in [5.41, 5.74) is 5.44. The molecule has 0 amide bonds. The van der Waals surface area contributed by atoms with Crippen LogP contribution in [0, 0.1) is 5.41 Å². The summed E-state index contributed by atoms with van der Waals surface area (Å²) in [6.07, 6.45) is 1.37. The summed E-state index contributed by atoms with van der Waals surface area (Å²) in [4.78, 5) is 0.258. The normalized spacial score (nSPS) is 21.5. The van der Waals surface area contributed by atoms with Gasteiger partial charge in [0.15, 0.2) is 0 Å². The quantitative estimate of drug-likeness (QED) is 0.616. The highest BCUT2D eigenvalue weighted by Gasteiger charge is 2.36. The Balaban J connectivity index is 2.37. The van der Waals surface area contributed by atoms with Gasteiger partial charge in [0.2, 0.25) is 10.0 Å². The van der Waals surface area contributed by atoms with Crippen molar-refractivity contribution in [2.75, 3.05) is 6.54 Å². The van der Waals surface area contributed by atoms with Crippen LogP contribution < -0.4 is 5.73 Å². The van der Waals surface area contributed by atoms with Gasteiger partial charge in [0, 0.05) is 6.54 Å². The number of benzene rings is 1. The van der Waals surface area contributed by atoms with E-state index < -0.39 is 16.1 Å². The van der Waals surface area contributed by atoms with Gasteiger partial charge in [-0.15, -0.1) is 0 Å². The van der Waals surface area contributed by atoms with Gasteiger partial charge in [-0.25, -0.2) is 8.42 Å². The predicted molar refractivity (Wildman–Crippen MR) is 65.3 cm³/mol. The Labute approximate surface area is 101 Å². The van der Waals surface area contributed by atoms with E-state index in [-0.39, 0.29) is 10.7 Å². The maximum atomic E-state index is 12.3. The Morgan fingerprint density at radius 3 is 2.59 bits per heavy atom. The van der Waals surface area contributed by atoms with E-state index in [0.29, 0.717) is 13.0 Å². The van der Waals surface area contributed by atoms with Crippen molar-refractivity contribution in [1.82, 2.24) is 4.31 Å². The van der Waals surface area contributed by atoms with Gasteiger partial charge in [0.1, 0.15) is 5.84 Å². The first-order valence-corrected chi connectivity index (χ1v) is 6.88. The molecule has 1 aliphatic rings. The molecule has 0 unspecified atom stereocenters. The number of nitrogens with two attached hydrogens (primary N) is 1. The lowest BCUT2D eigenvalue weighted by atomic mass is 10.2. The van der Waals surface area contributed by atoms with Crippen molar-refractivity contribution in [3.63, 3.8) is 0 Å².